The molecule has 0 aromatic heterocycles. The van der Waals surface area contributed by atoms with Gasteiger partial charge >= 0.3 is 0 Å². The first-order valence-electron chi connectivity index (χ1n) is 17.6. The van der Waals surface area contributed by atoms with Gasteiger partial charge in [-0.2, -0.15) is 0 Å². The number of amides is 3. The van der Waals surface area contributed by atoms with Crippen LogP contribution in [-0.4, -0.2) is 77.9 Å². The second-order valence-corrected chi connectivity index (χ2v) is 14.2. The molecule has 48 heavy (non-hydrogen) atoms. The Labute approximate surface area is 289 Å². The fourth-order valence-corrected chi connectivity index (χ4v) is 7.87. The van der Waals surface area contributed by atoms with Gasteiger partial charge in [0.1, 0.15) is 6.04 Å². The lowest BCUT2D eigenvalue weighted by molar-refractivity contribution is -0.139. The van der Waals surface area contributed by atoms with E-state index in [-0.39, 0.29) is 29.3 Å². The lowest BCUT2D eigenvalue weighted by Crippen LogP contribution is -2.63. The highest BCUT2D eigenvalue weighted by Gasteiger charge is 2.41. The summed E-state index contributed by atoms with van der Waals surface area (Å²) in [4.78, 5) is 44.9. The van der Waals surface area contributed by atoms with Crippen molar-refractivity contribution in [3.05, 3.63) is 106 Å². The molecule has 3 aliphatic rings. The number of hydrogen-bond acceptors (Lipinski definition) is 5. The van der Waals surface area contributed by atoms with Crippen molar-refractivity contribution < 1.29 is 14.4 Å². The maximum Gasteiger partial charge on any atom is 0.245 e. The van der Waals surface area contributed by atoms with Crippen LogP contribution >= 0.6 is 11.6 Å². The van der Waals surface area contributed by atoms with E-state index in [0.717, 1.165) is 62.9 Å². The number of rotatable bonds is 11. The van der Waals surface area contributed by atoms with E-state index in [1.807, 2.05) is 71.6 Å². The monoisotopic (exact) mass is 669 g/mol. The lowest BCUT2D eigenvalue weighted by atomic mass is 9.79. The Bertz CT molecular complexity index is 1530. The van der Waals surface area contributed by atoms with Gasteiger partial charge in [0.25, 0.3) is 0 Å². The Morgan fingerprint density at radius 2 is 1.50 bits per heavy atom. The predicted octanol–water partition coefficient (Wildman–Crippen LogP) is 4.68. The third kappa shape index (κ3) is 8.84. The first kappa shape index (κ1) is 34.2. The molecule has 3 aromatic carbocycles. The van der Waals surface area contributed by atoms with Crippen LogP contribution in [0.15, 0.2) is 78.9 Å². The highest BCUT2D eigenvalue weighted by atomic mass is 35.5. The van der Waals surface area contributed by atoms with E-state index in [2.05, 4.69) is 33.0 Å². The molecule has 3 N–H and O–H groups in total. The van der Waals surface area contributed by atoms with E-state index in [9.17, 15) is 14.4 Å². The van der Waals surface area contributed by atoms with Crippen LogP contribution in [0.4, 0.5) is 0 Å². The molecule has 1 saturated heterocycles. The van der Waals surface area contributed by atoms with E-state index < -0.39 is 6.04 Å². The van der Waals surface area contributed by atoms with Gasteiger partial charge < -0.3 is 20.9 Å². The van der Waals surface area contributed by atoms with Crippen molar-refractivity contribution >= 4 is 29.3 Å². The molecule has 8 nitrogen and oxygen atoms in total. The van der Waals surface area contributed by atoms with Crippen LogP contribution < -0.4 is 16.0 Å². The molecule has 3 aromatic rings. The molecule has 2 fully saturated rings. The fourth-order valence-electron chi connectivity index (χ4n) is 7.74. The number of hydrogen-bond donors (Lipinski definition) is 3. The number of nitrogens with one attached hydrogen (secondary N) is 3. The Morgan fingerprint density at radius 1 is 0.812 bits per heavy atom. The Hall–Kier alpha value is -3.72. The van der Waals surface area contributed by atoms with Crippen LogP contribution in [0.25, 0.3) is 0 Å². The highest BCUT2D eigenvalue weighted by molar-refractivity contribution is 6.30. The maximum atomic E-state index is 14.1. The van der Waals surface area contributed by atoms with Gasteiger partial charge in [-0.15, -0.1) is 0 Å². The van der Waals surface area contributed by atoms with Gasteiger partial charge in [-0.25, -0.2) is 0 Å². The van der Waals surface area contributed by atoms with Crippen molar-refractivity contribution in [2.75, 3.05) is 32.7 Å². The zero-order valence-corrected chi connectivity index (χ0v) is 28.5. The molecule has 9 heteroatoms. The molecule has 2 heterocycles. The quantitative estimate of drug-likeness (QED) is 0.276. The minimum absolute atomic E-state index is 0.0228. The second-order valence-electron chi connectivity index (χ2n) is 13.7. The highest BCUT2D eigenvalue weighted by Crippen LogP contribution is 2.34. The van der Waals surface area contributed by atoms with Crippen LogP contribution in [0.3, 0.4) is 0 Å². The maximum absolute atomic E-state index is 14.1. The minimum Gasteiger partial charge on any atom is -0.354 e. The van der Waals surface area contributed by atoms with Crippen LogP contribution in [0.2, 0.25) is 5.02 Å². The summed E-state index contributed by atoms with van der Waals surface area (Å²) in [6.45, 7) is 4.03. The van der Waals surface area contributed by atoms with E-state index >= 15 is 0 Å². The van der Waals surface area contributed by atoms with Crippen molar-refractivity contribution in [3.63, 3.8) is 0 Å². The molecule has 6 rings (SSSR count). The van der Waals surface area contributed by atoms with E-state index in [1.54, 1.807) is 0 Å². The van der Waals surface area contributed by atoms with Gasteiger partial charge in [0.05, 0.1) is 6.42 Å². The number of benzene rings is 3. The summed E-state index contributed by atoms with van der Waals surface area (Å²) in [5, 5.41) is 10.5. The van der Waals surface area contributed by atoms with Crippen LogP contribution in [-0.2, 0) is 40.2 Å². The number of nitrogens with zero attached hydrogens (tertiary/aromatic N) is 2. The fraction of sp³-hybridized carbons (Fsp3) is 0.462. The molecule has 3 amide bonds. The third-order valence-electron chi connectivity index (χ3n) is 10.5. The van der Waals surface area contributed by atoms with Crippen molar-refractivity contribution in [1.29, 1.82) is 0 Å². The Balaban J connectivity index is 1.08. The molecule has 0 bridgehead atoms. The van der Waals surface area contributed by atoms with Crippen molar-refractivity contribution in [2.45, 2.75) is 82.0 Å². The molecular weight excluding hydrogens is 622 g/mol. The topological polar surface area (TPSA) is 93.8 Å². The summed E-state index contributed by atoms with van der Waals surface area (Å²) >= 11 is 6.15. The number of fused-ring (bicyclic) bond motifs is 1. The molecule has 1 aliphatic carbocycles. The molecule has 1 unspecified atom stereocenters. The zero-order chi connectivity index (χ0) is 33.3. The van der Waals surface area contributed by atoms with Crippen LogP contribution in [0.1, 0.15) is 60.8 Å². The minimum atomic E-state index is -0.665. The average molecular weight is 670 g/mol. The van der Waals surface area contributed by atoms with E-state index in [0.29, 0.717) is 43.9 Å². The van der Waals surface area contributed by atoms with Gasteiger partial charge in [-0.05, 0) is 53.6 Å². The first-order valence-corrected chi connectivity index (χ1v) is 17.9. The van der Waals surface area contributed by atoms with Crippen molar-refractivity contribution in [1.82, 2.24) is 25.8 Å². The molecule has 0 spiro atoms. The van der Waals surface area contributed by atoms with Gasteiger partial charge in [0, 0.05) is 68.7 Å². The Kier molecular flexibility index (Phi) is 11.5. The van der Waals surface area contributed by atoms with E-state index in [4.69, 9.17) is 11.6 Å². The van der Waals surface area contributed by atoms with E-state index in [1.165, 1.54) is 17.5 Å². The average Bonchev–Trinajstić information content (AvgIpc) is 3.12. The number of piperazine rings is 1. The summed E-state index contributed by atoms with van der Waals surface area (Å²) in [6.07, 6.45) is 7.47. The second kappa shape index (κ2) is 16.1. The molecule has 1 saturated carbocycles. The summed E-state index contributed by atoms with van der Waals surface area (Å²) in [7, 11) is 0. The molecule has 2 atom stereocenters. The van der Waals surface area contributed by atoms with Gasteiger partial charge in [0.15, 0.2) is 0 Å². The zero-order valence-electron chi connectivity index (χ0n) is 27.8. The van der Waals surface area contributed by atoms with Gasteiger partial charge in [-0.1, -0.05) is 97.6 Å². The SMILES string of the molecule is O=C(Cc1ccccc1)NCC1(N2CCN(C(=O)[C@@H](Cc3ccc(Cl)cc3)NC(=O)CC3Cc4ccccc4CN3)CC2)CCCCC1. The Morgan fingerprint density at radius 3 is 2.23 bits per heavy atom. The van der Waals surface area contributed by atoms with Crippen LogP contribution in [0.5, 0.6) is 0 Å². The third-order valence-corrected chi connectivity index (χ3v) is 10.7. The summed E-state index contributed by atoms with van der Waals surface area (Å²) in [6, 6.07) is 25.0. The number of carbonyl (C=O) groups excluding carboxylic acids is 3. The smallest absolute Gasteiger partial charge is 0.245 e. The normalized spacial score (nSPS) is 19.9. The van der Waals surface area contributed by atoms with Crippen LogP contribution in [0, 0.1) is 0 Å². The first-order chi connectivity index (χ1) is 23.4. The van der Waals surface area contributed by atoms with Gasteiger partial charge in [0.2, 0.25) is 17.7 Å². The molecule has 2 aliphatic heterocycles. The lowest BCUT2D eigenvalue weighted by Gasteiger charge is -2.50. The molecule has 254 valence electrons. The summed E-state index contributed by atoms with van der Waals surface area (Å²) in [5.41, 5.74) is 4.41. The number of carbonyl (C=O) groups is 3. The molecular formula is C39H48ClN5O3. The summed E-state index contributed by atoms with van der Waals surface area (Å²) < 4.78 is 0. The summed E-state index contributed by atoms with van der Waals surface area (Å²) in [5.74, 6) is -0.118. The van der Waals surface area contributed by atoms with Gasteiger partial charge in [-0.3, -0.25) is 19.3 Å². The number of halogens is 1. The van der Waals surface area contributed by atoms with Crippen molar-refractivity contribution in [2.24, 2.45) is 0 Å². The largest absolute Gasteiger partial charge is 0.354 e. The van der Waals surface area contributed by atoms with Crippen molar-refractivity contribution in [3.8, 4) is 0 Å². The predicted molar refractivity (Wildman–Crippen MR) is 190 cm³/mol. The standard InChI is InChI=1S/C39H48ClN5O3/c40-33-15-13-30(14-16-33)23-35(43-37(47)26-34-25-31-11-5-6-12-32(31)27-41-34)38(48)44-19-21-45(22-20-44)39(17-7-2-8-18-39)28-42-36(46)24-29-9-3-1-4-10-29/h1,3-6,9-16,34-35,41H,2,7-8,17-28H2,(H,42,46)(H,43,47)/t34?,35-/m1/s1. The molecule has 0 radical (unpaired) electrons.